The topological polar surface area (TPSA) is 52.7 Å². The van der Waals surface area contributed by atoms with Gasteiger partial charge in [-0.05, 0) is 47.6 Å². The van der Waals surface area contributed by atoms with Crippen molar-refractivity contribution in [3.05, 3.63) is 99.8 Å². The van der Waals surface area contributed by atoms with Crippen molar-refractivity contribution in [2.24, 2.45) is 0 Å². The highest BCUT2D eigenvalue weighted by Crippen LogP contribution is 2.32. The Balaban J connectivity index is 1.83. The third kappa shape index (κ3) is 7.80. The lowest BCUT2D eigenvalue weighted by atomic mass is 9.93. The summed E-state index contributed by atoms with van der Waals surface area (Å²) in [6, 6.07) is 19.9. The minimum absolute atomic E-state index is 0.0318. The van der Waals surface area contributed by atoms with Gasteiger partial charge in [-0.2, -0.15) is 0 Å². The number of hydrogen-bond donors (Lipinski definition) is 1. The van der Waals surface area contributed by atoms with E-state index in [-0.39, 0.29) is 36.9 Å². The first-order valence-electron chi connectivity index (χ1n) is 12.9. The van der Waals surface area contributed by atoms with Crippen molar-refractivity contribution in [1.82, 2.24) is 9.80 Å². The molecule has 1 N–H and O–H groups in total. The predicted octanol–water partition coefficient (Wildman–Crippen LogP) is 7.55. The van der Waals surface area contributed by atoms with E-state index in [0.29, 0.717) is 13.1 Å². The van der Waals surface area contributed by atoms with Crippen LogP contribution in [0.3, 0.4) is 0 Å². The van der Waals surface area contributed by atoms with Gasteiger partial charge in [0.1, 0.15) is 6.54 Å². The molecule has 196 valence electrons. The largest absolute Gasteiger partial charge is 0.332 e. The van der Waals surface area contributed by atoms with Crippen LogP contribution in [0.15, 0.2) is 73.3 Å². The zero-order valence-corrected chi connectivity index (χ0v) is 23.5. The zero-order valence-electron chi connectivity index (χ0n) is 22.7. The van der Waals surface area contributed by atoms with Gasteiger partial charge in [0.2, 0.25) is 5.91 Å². The lowest BCUT2D eigenvalue weighted by molar-refractivity contribution is -0.132. The number of carbonyl (C=O) groups is 2. The number of thiophene rings is 1. The number of carbonyl (C=O) groups excluding carboxylic acids is 2. The molecule has 0 saturated heterocycles. The second kappa shape index (κ2) is 13.2. The number of urea groups is 1. The number of hydrogen-bond acceptors (Lipinski definition) is 3. The second-order valence-corrected chi connectivity index (χ2v) is 11.3. The Bertz CT molecular complexity index is 1170. The molecule has 0 unspecified atom stereocenters. The smallest absolute Gasteiger partial charge is 0.322 e. The maximum atomic E-state index is 13.6. The number of aryl methyl sites for hydroxylation is 1. The van der Waals surface area contributed by atoms with Crippen LogP contribution < -0.4 is 5.32 Å². The molecule has 0 atom stereocenters. The fraction of sp³-hybridized carbons (Fsp3) is 0.355. The molecule has 2 aromatic carbocycles. The monoisotopic (exact) mass is 517 g/mol. The highest BCUT2D eigenvalue weighted by atomic mass is 32.1. The van der Waals surface area contributed by atoms with Gasteiger partial charge in [0.05, 0.1) is 6.54 Å². The minimum Gasteiger partial charge on any atom is -0.332 e. The number of nitrogens with one attached hydrogen (secondary N) is 1. The third-order valence-electron chi connectivity index (χ3n) is 6.28. The van der Waals surface area contributed by atoms with E-state index in [9.17, 15) is 9.59 Å². The summed E-state index contributed by atoms with van der Waals surface area (Å²) in [7, 11) is 0. The van der Waals surface area contributed by atoms with Crippen molar-refractivity contribution in [3.63, 3.8) is 0 Å². The van der Waals surface area contributed by atoms with Crippen LogP contribution in [0, 0.1) is 6.92 Å². The van der Waals surface area contributed by atoms with Crippen LogP contribution in [0.1, 0.15) is 66.0 Å². The zero-order chi connectivity index (χ0) is 26.9. The van der Waals surface area contributed by atoms with E-state index in [1.807, 2.05) is 41.3 Å². The molecule has 0 bridgehead atoms. The van der Waals surface area contributed by atoms with Crippen LogP contribution in [0.25, 0.3) is 0 Å². The summed E-state index contributed by atoms with van der Waals surface area (Å²) >= 11 is 1.69. The summed E-state index contributed by atoms with van der Waals surface area (Å²) in [5, 5.41) is 3.14. The predicted molar refractivity (Wildman–Crippen MR) is 155 cm³/mol. The summed E-state index contributed by atoms with van der Waals surface area (Å²) in [5.74, 6) is 0.395. The van der Waals surface area contributed by atoms with Gasteiger partial charge in [-0.3, -0.25) is 4.79 Å². The highest BCUT2D eigenvalue weighted by molar-refractivity contribution is 7.11. The summed E-state index contributed by atoms with van der Waals surface area (Å²) in [6.45, 7) is 15.6. The van der Waals surface area contributed by atoms with Crippen molar-refractivity contribution in [1.29, 1.82) is 0 Å². The van der Waals surface area contributed by atoms with E-state index in [0.717, 1.165) is 27.3 Å². The SMILES string of the molecule is C=CCN(CC(=O)N(Cc1ccccc1)Cc1ccc(C)s1)C(=O)Nc1c(C(C)C)cccc1C(C)C. The molecule has 1 heterocycles. The van der Waals surface area contributed by atoms with Crippen LogP contribution in [-0.4, -0.2) is 34.8 Å². The Hall–Kier alpha value is -3.38. The summed E-state index contributed by atoms with van der Waals surface area (Å²) in [6.07, 6.45) is 1.66. The molecule has 0 saturated carbocycles. The number of anilines is 1. The standard InChI is InChI=1S/C31H39N3O2S/c1-7-18-33(31(36)32-30-27(22(2)3)14-11-15-28(30)23(4)5)21-29(35)34(19-25-12-9-8-10-13-25)20-26-17-16-24(6)37-26/h7-17,22-23H,1,18-21H2,2-6H3,(H,32,36). The minimum atomic E-state index is -0.296. The summed E-state index contributed by atoms with van der Waals surface area (Å²) in [4.78, 5) is 32.8. The van der Waals surface area contributed by atoms with E-state index in [2.05, 4.69) is 70.8 Å². The summed E-state index contributed by atoms with van der Waals surface area (Å²) < 4.78 is 0. The van der Waals surface area contributed by atoms with E-state index in [4.69, 9.17) is 0 Å². The average Bonchev–Trinajstić information content (AvgIpc) is 3.28. The molecule has 3 rings (SSSR count). The Morgan fingerprint density at radius 3 is 2.08 bits per heavy atom. The molecule has 3 amide bonds. The third-order valence-corrected chi connectivity index (χ3v) is 7.26. The molecule has 5 nitrogen and oxygen atoms in total. The van der Waals surface area contributed by atoms with E-state index in [1.165, 1.54) is 9.78 Å². The first-order valence-corrected chi connectivity index (χ1v) is 13.7. The van der Waals surface area contributed by atoms with E-state index in [1.54, 1.807) is 17.4 Å². The molecule has 6 heteroatoms. The molecule has 0 aliphatic rings. The molecule has 0 radical (unpaired) electrons. The Kier molecular flexibility index (Phi) is 10.1. The van der Waals surface area contributed by atoms with Crippen LogP contribution in [0.5, 0.6) is 0 Å². The van der Waals surface area contributed by atoms with Crippen LogP contribution in [-0.2, 0) is 17.9 Å². The van der Waals surface area contributed by atoms with Crippen LogP contribution >= 0.6 is 11.3 Å². The number of benzene rings is 2. The van der Waals surface area contributed by atoms with Gasteiger partial charge in [-0.1, -0.05) is 82.3 Å². The lowest BCUT2D eigenvalue weighted by Gasteiger charge is -2.28. The van der Waals surface area contributed by atoms with Gasteiger partial charge >= 0.3 is 6.03 Å². The molecule has 0 spiro atoms. The number of para-hydroxylation sites is 1. The number of nitrogens with zero attached hydrogens (tertiary/aromatic N) is 2. The van der Waals surface area contributed by atoms with Gasteiger partial charge in [-0.15, -0.1) is 17.9 Å². The van der Waals surface area contributed by atoms with Crippen molar-refractivity contribution < 1.29 is 9.59 Å². The molecular weight excluding hydrogens is 478 g/mol. The molecule has 0 fully saturated rings. The van der Waals surface area contributed by atoms with E-state index < -0.39 is 0 Å². The van der Waals surface area contributed by atoms with Crippen molar-refractivity contribution >= 4 is 29.0 Å². The van der Waals surface area contributed by atoms with Crippen LogP contribution in [0.4, 0.5) is 10.5 Å². The van der Waals surface area contributed by atoms with Crippen molar-refractivity contribution in [2.75, 3.05) is 18.4 Å². The fourth-order valence-corrected chi connectivity index (χ4v) is 5.22. The Labute approximate surface area is 225 Å². The molecule has 0 aliphatic heterocycles. The molecular formula is C31H39N3O2S. The Morgan fingerprint density at radius 1 is 0.892 bits per heavy atom. The average molecular weight is 518 g/mol. The highest BCUT2D eigenvalue weighted by Gasteiger charge is 2.24. The first kappa shape index (κ1) is 28.2. The normalized spacial score (nSPS) is 11.0. The van der Waals surface area contributed by atoms with Crippen molar-refractivity contribution in [2.45, 2.75) is 59.5 Å². The van der Waals surface area contributed by atoms with Crippen molar-refractivity contribution in [3.8, 4) is 0 Å². The molecule has 1 aromatic heterocycles. The molecule has 3 aromatic rings. The van der Waals surface area contributed by atoms with Gasteiger partial charge in [0, 0.05) is 28.5 Å². The first-order chi connectivity index (χ1) is 17.7. The fourth-order valence-electron chi connectivity index (χ4n) is 4.31. The number of amides is 3. The summed E-state index contributed by atoms with van der Waals surface area (Å²) in [5.41, 5.74) is 4.07. The molecule has 37 heavy (non-hydrogen) atoms. The molecule has 0 aliphatic carbocycles. The maximum absolute atomic E-state index is 13.6. The quantitative estimate of drug-likeness (QED) is 0.267. The second-order valence-electron chi connectivity index (χ2n) is 9.97. The Morgan fingerprint density at radius 2 is 1.54 bits per heavy atom. The van der Waals surface area contributed by atoms with Crippen LogP contribution in [0.2, 0.25) is 0 Å². The lowest BCUT2D eigenvalue weighted by Crippen LogP contribution is -2.44. The van der Waals surface area contributed by atoms with Gasteiger partial charge < -0.3 is 15.1 Å². The maximum Gasteiger partial charge on any atom is 0.322 e. The van der Waals surface area contributed by atoms with Gasteiger partial charge in [0.15, 0.2) is 0 Å². The van der Waals surface area contributed by atoms with E-state index >= 15 is 0 Å². The van der Waals surface area contributed by atoms with Gasteiger partial charge in [-0.25, -0.2) is 4.79 Å². The number of rotatable bonds is 11. The van der Waals surface area contributed by atoms with Gasteiger partial charge in [0.25, 0.3) is 0 Å².